The van der Waals surface area contributed by atoms with E-state index in [1.807, 2.05) is 12.1 Å². The summed E-state index contributed by atoms with van der Waals surface area (Å²) >= 11 is 3.48. The Morgan fingerprint density at radius 1 is 1.14 bits per heavy atom. The summed E-state index contributed by atoms with van der Waals surface area (Å²) in [7, 11) is 0. The van der Waals surface area contributed by atoms with Crippen LogP contribution in [0.15, 0.2) is 51.6 Å². The van der Waals surface area contributed by atoms with Crippen LogP contribution in [0.2, 0.25) is 0 Å². The molecule has 0 aliphatic rings. The summed E-state index contributed by atoms with van der Waals surface area (Å²) in [5.41, 5.74) is 7.26. The molecule has 1 aromatic heterocycles. The molecule has 0 bridgehead atoms. The fourth-order valence-electron chi connectivity index (χ4n) is 2.31. The van der Waals surface area contributed by atoms with Crippen molar-refractivity contribution in [3.05, 3.63) is 58.5 Å². The number of nitrogens with zero attached hydrogens (tertiary/aromatic N) is 1. The van der Waals surface area contributed by atoms with Crippen molar-refractivity contribution in [1.82, 2.24) is 4.90 Å². The van der Waals surface area contributed by atoms with Gasteiger partial charge in [-0.25, -0.2) is 0 Å². The minimum atomic E-state index is 0.0853. The first-order valence-electron chi connectivity index (χ1n) is 7.18. The van der Waals surface area contributed by atoms with Crippen LogP contribution in [0, 0.1) is 5.41 Å². The van der Waals surface area contributed by atoms with Crippen molar-refractivity contribution in [2.45, 2.75) is 26.9 Å². The molecule has 2 rings (SSSR count). The van der Waals surface area contributed by atoms with E-state index in [9.17, 15) is 0 Å². The molecule has 0 fully saturated rings. The zero-order valence-electron chi connectivity index (χ0n) is 12.7. The van der Waals surface area contributed by atoms with Crippen LogP contribution in [0.1, 0.15) is 25.2 Å². The van der Waals surface area contributed by atoms with Crippen LogP contribution >= 0.6 is 15.9 Å². The quantitative estimate of drug-likeness (QED) is 0.819. The number of benzene rings is 1. The van der Waals surface area contributed by atoms with E-state index < -0.39 is 0 Å². The van der Waals surface area contributed by atoms with Crippen LogP contribution in [0.25, 0.3) is 0 Å². The topological polar surface area (TPSA) is 42.4 Å². The Morgan fingerprint density at radius 2 is 1.86 bits per heavy atom. The van der Waals surface area contributed by atoms with Gasteiger partial charge in [-0.1, -0.05) is 41.9 Å². The smallest absolute Gasteiger partial charge is 0.117 e. The molecule has 2 aromatic rings. The molecule has 0 amide bonds. The predicted octanol–water partition coefficient (Wildman–Crippen LogP) is 4.03. The molecule has 0 aliphatic heterocycles. The van der Waals surface area contributed by atoms with Crippen LogP contribution in [0.3, 0.4) is 0 Å². The molecule has 1 heterocycles. The Kier molecular flexibility index (Phi) is 5.62. The van der Waals surface area contributed by atoms with Crippen LogP contribution in [0.4, 0.5) is 0 Å². The number of nitrogens with two attached hydrogens (primary N) is 1. The van der Waals surface area contributed by atoms with Crippen molar-refractivity contribution in [2.24, 2.45) is 11.1 Å². The van der Waals surface area contributed by atoms with Crippen LogP contribution in [-0.4, -0.2) is 18.0 Å². The summed E-state index contributed by atoms with van der Waals surface area (Å²) in [6.45, 7) is 7.68. The van der Waals surface area contributed by atoms with Gasteiger partial charge in [0.1, 0.15) is 5.76 Å². The lowest BCUT2D eigenvalue weighted by molar-refractivity contribution is 0.158. The Labute approximate surface area is 135 Å². The Morgan fingerprint density at radius 3 is 2.43 bits per heavy atom. The minimum absolute atomic E-state index is 0.0853. The SMILES string of the molecule is CC(C)(CN)CN(Cc1ccc(Br)cc1)Cc1ccco1. The molecule has 0 unspecified atom stereocenters. The normalized spacial score (nSPS) is 12.0. The van der Waals surface area contributed by atoms with Crippen LogP contribution in [-0.2, 0) is 13.1 Å². The summed E-state index contributed by atoms with van der Waals surface area (Å²) in [4.78, 5) is 2.38. The van der Waals surface area contributed by atoms with Crippen molar-refractivity contribution in [3.63, 3.8) is 0 Å². The summed E-state index contributed by atoms with van der Waals surface area (Å²) in [6.07, 6.45) is 1.72. The molecule has 0 radical (unpaired) electrons. The second kappa shape index (κ2) is 7.25. The Bertz CT molecular complexity index is 534. The van der Waals surface area contributed by atoms with Crippen molar-refractivity contribution >= 4 is 15.9 Å². The first-order chi connectivity index (χ1) is 9.98. The zero-order valence-corrected chi connectivity index (χ0v) is 14.3. The van der Waals surface area contributed by atoms with E-state index in [-0.39, 0.29) is 5.41 Å². The number of hydrogen-bond acceptors (Lipinski definition) is 3. The number of hydrogen-bond donors (Lipinski definition) is 1. The largest absolute Gasteiger partial charge is 0.468 e. The third-order valence-electron chi connectivity index (χ3n) is 3.48. The summed E-state index contributed by atoms with van der Waals surface area (Å²) in [5, 5.41) is 0. The summed E-state index contributed by atoms with van der Waals surface area (Å²) < 4.78 is 6.59. The van der Waals surface area contributed by atoms with Gasteiger partial charge >= 0.3 is 0 Å². The van der Waals surface area contributed by atoms with Crippen molar-refractivity contribution in [2.75, 3.05) is 13.1 Å². The number of rotatable bonds is 7. The third-order valence-corrected chi connectivity index (χ3v) is 4.01. The standard InChI is InChI=1S/C17H23BrN2O/c1-17(2,12-19)13-20(11-16-4-3-9-21-16)10-14-5-7-15(18)8-6-14/h3-9H,10-13,19H2,1-2H3. The lowest BCUT2D eigenvalue weighted by Crippen LogP contribution is -2.38. The maximum atomic E-state index is 5.88. The van der Waals surface area contributed by atoms with Gasteiger partial charge in [0.25, 0.3) is 0 Å². The van der Waals surface area contributed by atoms with E-state index in [1.165, 1.54) is 5.56 Å². The van der Waals surface area contributed by atoms with Gasteiger partial charge in [-0.2, -0.15) is 0 Å². The van der Waals surface area contributed by atoms with Crippen molar-refractivity contribution in [3.8, 4) is 0 Å². The van der Waals surface area contributed by atoms with Gasteiger partial charge in [-0.15, -0.1) is 0 Å². The minimum Gasteiger partial charge on any atom is -0.468 e. The Balaban J connectivity index is 2.09. The van der Waals surface area contributed by atoms with E-state index in [0.29, 0.717) is 6.54 Å². The summed E-state index contributed by atoms with van der Waals surface area (Å²) in [5.74, 6) is 0.986. The zero-order chi connectivity index (χ0) is 15.3. The van der Waals surface area contributed by atoms with Crippen molar-refractivity contribution in [1.29, 1.82) is 0 Å². The van der Waals surface area contributed by atoms with Crippen molar-refractivity contribution < 1.29 is 4.42 Å². The highest BCUT2D eigenvalue weighted by atomic mass is 79.9. The molecule has 114 valence electrons. The van der Waals surface area contributed by atoms with E-state index >= 15 is 0 Å². The average molecular weight is 351 g/mol. The van der Waals surface area contributed by atoms with E-state index in [0.717, 1.165) is 29.9 Å². The number of halogens is 1. The molecule has 0 atom stereocenters. The van der Waals surface area contributed by atoms with Gasteiger partial charge in [0, 0.05) is 17.6 Å². The van der Waals surface area contributed by atoms with Gasteiger partial charge in [0.05, 0.1) is 12.8 Å². The first kappa shape index (κ1) is 16.3. The molecule has 2 N–H and O–H groups in total. The third kappa shape index (κ3) is 5.30. The molecule has 21 heavy (non-hydrogen) atoms. The second-order valence-electron chi connectivity index (χ2n) is 6.22. The second-order valence-corrected chi connectivity index (χ2v) is 7.14. The van der Waals surface area contributed by atoms with E-state index in [2.05, 4.69) is 58.9 Å². The van der Waals surface area contributed by atoms with E-state index in [4.69, 9.17) is 10.2 Å². The average Bonchev–Trinajstić information content (AvgIpc) is 2.94. The lowest BCUT2D eigenvalue weighted by Gasteiger charge is -2.31. The highest BCUT2D eigenvalue weighted by molar-refractivity contribution is 9.10. The van der Waals surface area contributed by atoms with Crippen LogP contribution in [0.5, 0.6) is 0 Å². The molecule has 4 heteroatoms. The first-order valence-corrected chi connectivity index (χ1v) is 7.97. The maximum absolute atomic E-state index is 5.88. The van der Waals surface area contributed by atoms with Gasteiger partial charge < -0.3 is 10.2 Å². The molecule has 0 spiro atoms. The highest BCUT2D eigenvalue weighted by Crippen LogP contribution is 2.20. The fourth-order valence-corrected chi connectivity index (χ4v) is 2.57. The fraction of sp³-hybridized carbons (Fsp3) is 0.412. The maximum Gasteiger partial charge on any atom is 0.117 e. The summed E-state index contributed by atoms with van der Waals surface area (Å²) in [6, 6.07) is 12.4. The van der Waals surface area contributed by atoms with Crippen LogP contribution < -0.4 is 5.73 Å². The monoisotopic (exact) mass is 350 g/mol. The molecule has 0 aliphatic carbocycles. The predicted molar refractivity (Wildman–Crippen MR) is 89.8 cm³/mol. The number of furan rings is 1. The molecule has 0 saturated carbocycles. The molecule has 3 nitrogen and oxygen atoms in total. The molecular formula is C17H23BrN2O. The highest BCUT2D eigenvalue weighted by Gasteiger charge is 2.21. The van der Waals surface area contributed by atoms with Gasteiger partial charge in [-0.3, -0.25) is 4.90 Å². The van der Waals surface area contributed by atoms with Gasteiger partial charge in [-0.05, 0) is 41.8 Å². The Hall–Kier alpha value is -1.10. The molecule has 1 aromatic carbocycles. The van der Waals surface area contributed by atoms with Gasteiger partial charge in [0.15, 0.2) is 0 Å². The molecule has 0 saturated heterocycles. The molecular weight excluding hydrogens is 328 g/mol. The van der Waals surface area contributed by atoms with Gasteiger partial charge in [0.2, 0.25) is 0 Å². The lowest BCUT2D eigenvalue weighted by atomic mass is 9.93. The van der Waals surface area contributed by atoms with E-state index in [1.54, 1.807) is 6.26 Å².